The average Bonchev–Trinajstić information content (AvgIpc) is 2.49. The van der Waals surface area contributed by atoms with Gasteiger partial charge in [-0.3, -0.25) is 4.90 Å². The Morgan fingerprint density at radius 3 is 2.40 bits per heavy atom. The molecule has 20 heavy (non-hydrogen) atoms. The Labute approximate surface area is 120 Å². The van der Waals surface area contributed by atoms with Crippen LogP contribution in [0.4, 0.5) is 4.39 Å². The summed E-state index contributed by atoms with van der Waals surface area (Å²) in [5.41, 5.74) is 8.54. The van der Waals surface area contributed by atoms with Crippen LogP contribution in [-0.2, 0) is 19.6 Å². The second-order valence-electron chi connectivity index (χ2n) is 4.92. The maximum Gasteiger partial charge on any atom is 0.127 e. The largest absolute Gasteiger partial charge is 0.326 e. The third-order valence-corrected chi connectivity index (χ3v) is 3.44. The molecule has 0 aliphatic carbocycles. The SMILES string of the molecule is CCN(Cc1ccccc1)Cc1cc(CN)ccc1F. The number of halogens is 1. The number of rotatable bonds is 6. The molecular formula is C17H21FN2. The molecule has 0 aliphatic heterocycles. The third kappa shape index (κ3) is 3.89. The van der Waals surface area contributed by atoms with Crippen LogP contribution in [0.3, 0.4) is 0 Å². The van der Waals surface area contributed by atoms with Crippen molar-refractivity contribution in [3.63, 3.8) is 0 Å². The van der Waals surface area contributed by atoms with Crippen molar-refractivity contribution >= 4 is 0 Å². The van der Waals surface area contributed by atoms with Crippen LogP contribution in [-0.4, -0.2) is 11.4 Å². The van der Waals surface area contributed by atoms with Gasteiger partial charge in [0.05, 0.1) is 0 Å². The molecule has 2 rings (SSSR count). The molecule has 2 N–H and O–H groups in total. The van der Waals surface area contributed by atoms with E-state index in [-0.39, 0.29) is 5.82 Å². The molecule has 0 heterocycles. The van der Waals surface area contributed by atoms with Crippen molar-refractivity contribution in [1.29, 1.82) is 0 Å². The van der Waals surface area contributed by atoms with Gasteiger partial charge in [-0.15, -0.1) is 0 Å². The number of hydrogen-bond donors (Lipinski definition) is 1. The average molecular weight is 272 g/mol. The normalized spacial score (nSPS) is 11.0. The molecule has 106 valence electrons. The summed E-state index contributed by atoms with van der Waals surface area (Å²) < 4.78 is 13.9. The minimum absolute atomic E-state index is 0.159. The first-order valence-corrected chi connectivity index (χ1v) is 6.96. The number of nitrogens with two attached hydrogens (primary N) is 1. The highest BCUT2D eigenvalue weighted by Gasteiger charge is 2.09. The highest BCUT2D eigenvalue weighted by atomic mass is 19.1. The molecule has 2 nitrogen and oxygen atoms in total. The molecule has 2 aromatic carbocycles. The Morgan fingerprint density at radius 2 is 1.75 bits per heavy atom. The van der Waals surface area contributed by atoms with Gasteiger partial charge in [0.25, 0.3) is 0 Å². The van der Waals surface area contributed by atoms with Gasteiger partial charge in [-0.2, -0.15) is 0 Å². The molecule has 0 aromatic heterocycles. The second kappa shape index (κ2) is 7.17. The van der Waals surface area contributed by atoms with E-state index in [2.05, 4.69) is 24.0 Å². The summed E-state index contributed by atoms with van der Waals surface area (Å²) in [5, 5.41) is 0. The zero-order valence-corrected chi connectivity index (χ0v) is 11.8. The quantitative estimate of drug-likeness (QED) is 0.874. The van der Waals surface area contributed by atoms with Crippen LogP contribution in [0.15, 0.2) is 48.5 Å². The summed E-state index contributed by atoms with van der Waals surface area (Å²) in [4.78, 5) is 2.22. The Kier molecular flexibility index (Phi) is 5.27. The molecule has 0 amide bonds. The van der Waals surface area contributed by atoms with Crippen molar-refractivity contribution < 1.29 is 4.39 Å². The number of hydrogen-bond acceptors (Lipinski definition) is 2. The van der Waals surface area contributed by atoms with E-state index in [4.69, 9.17) is 5.73 Å². The molecule has 0 atom stereocenters. The van der Waals surface area contributed by atoms with Gasteiger partial charge in [0.1, 0.15) is 5.82 Å². The summed E-state index contributed by atoms with van der Waals surface area (Å²) in [5.74, 6) is -0.159. The highest BCUT2D eigenvalue weighted by Crippen LogP contribution is 2.15. The molecule has 0 saturated carbocycles. The summed E-state index contributed by atoms with van der Waals surface area (Å²) >= 11 is 0. The van der Waals surface area contributed by atoms with E-state index >= 15 is 0 Å². The molecule has 0 aliphatic rings. The van der Waals surface area contributed by atoms with Crippen LogP contribution in [0, 0.1) is 5.82 Å². The number of nitrogens with zero attached hydrogens (tertiary/aromatic N) is 1. The van der Waals surface area contributed by atoms with Gasteiger partial charge in [-0.25, -0.2) is 4.39 Å². The molecule has 0 radical (unpaired) electrons. The standard InChI is InChI=1S/C17H21FN2/c1-2-20(12-14-6-4-3-5-7-14)13-16-10-15(11-19)8-9-17(16)18/h3-10H,2,11-13,19H2,1H3. The van der Waals surface area contributed by atoms with Gasteiger partial charge in [-0.1, -0.05) is 49.4 Å². The fourth-order valence-electron chi connectivity index (χ4n) is 2.24. The molecule has 0 unspecified atom stereocenters. The molecule has 0 saturated heterocycles. The lowest BCUT2D eigenvalue weighted by molar-refractivity contribution is 0.267. The summed E-state index contributed by atoms with van der Waals surface area (Å²) in [6.07, 6.45) is 0. The fraction of sp³-hybridized carbons (Fsp3) is 0.294. The van der Waals surface area contributed by atoms with Gasteiger partial charge in [0.2, 0.25) is 0 Å². The monoisotopic (exact) mass is 272 g/mol. The van der Waals surface area contributed by atoms with E-state index in [9.17, 15) is 4.39 Å². The maximum atomic E-state index is 13.9. The Hall–Kier alpha value is -1.71. The first-order chi connectivity index (χ1) is 9.72. The van der Waals surface area contributed by atoms with Gasteiger partial charge in [0, 0.05) is 25.2 Å². The van der Waals surface area contributed by atoms with Crippen molar-refractivity contribution in [1.82, 2.24) is 4.90 Å². The minimum Gasteiger partial charge on any atom is -0.326 e. The van der Waals surface area contributed by atoms with Gasteiger partial charge >= 0.3 is 0 Å². The Bertz CT molecular complexity index is 540. The van der Waals surface area contributed by atoms with Crippen LogP contribution >= 0.6 is 0 Å². The predicted octanol–water partition coefficient (Wildman–Crippen LogP) is 3.31. The van der Waals surface area contributed by atoms with Crippen LogP contribution < -0.4 is 5.73 Å². The van der Waals surface area contributed by atoms with Crippen LogP contribution in [0.25, 0.3) is 0 Å². The summed E-state index contributed by atoms with van der Waals surface area (Å²) in [6.45, 7) is 4.83. The van der Waals surface area contributed by atoms with Crippen molar-refractivity contribution in [2.45, 2.75) is 26.6 Å². The van der Waals surface area contributed by atoms with E-state index in [1.165, 1.54) is 11.6 Å². The lowest BCUT2D eigenvalue weighted by Gasteiger charge is -2.21. The lowest BCUT2D eigenvalue weighted by Crippen LogP contribution is -2.23. The molecule has 0 fully saturated rings. The van der Waals surface area contributed by atoms with Crippen molar-refractivity contribution in [3.05, 3.63) is 71.0 Å². The van der Waals surface area contributed by atoms with E-state index in [0.717, 1.165) is 18.7 Å². The molecule has 2 aromatic rings. The second-order valence-corrected chi connectivity index (χ2v) is 4.92. The van der Waals surface area contributed by atoms with Crippen molar-refractivity contribution in [2.75, 3.05) is 6.54 Å². The Balaban J connectivity index is 2.10. The van der Waals surface area contributed by atoms with E-state index in [1.54, 1.807) is 6.07 Å². The summed E-state index contributed by atoms with van der Waals surface area (Å²) in [6, 6.07) is 15.4. The topological polar surface area (TPSA) is 29.3 Å². The van der Waals surface area contributed by atoms with Gasteiger partial charge in [0.15, 0.2) is 0 Å². The van der Waals surface area contributed by atoms with Crippen molar-refractivity contribution in [2.24, 2.45) is 5.73 Å². The fourth-order valence-corrected chi connectivity index (χ4v) is 2.24. The van der Waals surface area contributed by atoms with Crippen LogP contribution in [0.5, 0.6) is 0 Å². The predicted molar refractivity (Wildman–Crippen MR) is 80.5 cm³/mol. The van der Waals surface area contributed by atoms with E-state index < -0.39 is 0 Å². The minimum atomic E-state index is -0.159. The first kappa shape index (κ1) is 14.7. The zero-order chi connectivity index (χ0) is 14.4. The Morgan fingerprint density at radius 1 is 1.00 bits per heavy atom. The zero-order valence-electron chi connectivity index (χ0n) is 11.8. The van der Waals surface area contributed by atoms with Crippen LogP contribution in [0.1, 0.15) is 23.6 Å². The van der Waals surface area contributed by atoms with Crippen LogP contribution in [0.2, 0.25) is 0 Å². The first-order valence-electron chi connectivity index (χ1n) is 6.96. The molecule has 0 bridgehead atoms. The maximum absolute atomic E-state index is 13.9. The van der Waals surface area contributed by atoms with Gasteiger partial charge < -0.3 is 5.73 Å². The number of benzene rings is 2. The molecular weight excluding hydrogens is 251 g/mol. The lowest BCUT2D eigenvalue weighted by atomic mass is 10.1. The molecule has 0 spiro atoms. The smallest absolute Gasteiger partial charge is 0.127 e. The van der Waals surface area contributed by atoms with Gasteiger partial charge in [-0.05, 0) is 23.7 Å². The van der Waals surface area contributed by atoms with E-state index in [0.29, 0.717) is 18.7 Å². The highest BCUT2D eigenvalue weighted by molar-refractivity contribution is 5.25. The third-order valence-electron chi connectivity index (χ3n) is 3.44. The molecule has 3 heteroatoms. The van der Waals surface area contributed by atoms with Crippen molar-refractivity contribution in [3.8, 4) is 0 Å². The summed E-state index contributed by atoms with van der Waals surface area (Å²) in [7, 11) is 0. The van der Waals surface area contributed by atoms with E-state index in [1.807, 2.05) is 24.3 Å².